The monoisotopic (exact) mass is 323 g/mol. The van der Waals surface area contributed by atoms with Crippen LogP contribution in [0.4, 0.5) is 10.1 Å². The molecular formula is C18H18FN5. The molecule has 0 saturated carbocycles. The lowest BCUT2D eigenvalue weighted by atomic mass is 10.2. The van der Waals surface area contributed by atoms with Gasteiger partial charge in [0.1, 0.15) is 11.6 Å². The minimum Gasteiger partial charge on any atom is -0.336 e. The van der Waals surface area contributed by atoms with Crippen molar-refractivity contribution in [3.8, 4) is 0 Å². The van der Waals surface area contributed by atoms with Crippen molar-refractivity contribution in [1.29, 1.82) is 0 Å². The molecule has 1 atom stereocenters. The summed E-state index contributed by atoms with van der Waals surface area (Å²) in [6.45, 7) is 1.77. The van der Waals surface area contributed by atoms with Crippen LogP contribution in [0.2, 0.25) is 0 Å². The summed E-state index contributed by atoms with van der Waals surface area (Å²) in [5.41, 5.74) is 2.21. The third kappa shape index (κ3) is 2.02. The lowest BCUT2D eigenvalue weighted by Crippen LogP contribution is -2.51. The molecular weight excluding hydrogens is 305 g/mol. The fraction of sp³-hybridized carbons (Fsp3) is 0.278. The number of rotatable bonds is 2. The molecule has 5 rings (SSSR count). The van der Waals surface area contributed by atoms with Crippen LogP contribution < -0.4 is 4.90 Å². The number of aromatic nitrogens is 2. The van der Waals surface area contributed by atoms with E-state index in [9.17, 15) is 4.39 Å². The van der Waals surface area contributed by atoms with Gasteiger partial charge in [0.05, 0.1) is 6.67 Å². The predicted molar refractivity (Wildman–Crippen MR) is 89.8 cm³/mol. The van der Waals surface area contributed by atoms with Gasteiger partial charge >= 0.3 is 0 Å². The normalized spacial score (nSPS) is 22.0. The Morgan fingerprint density at radius 3 is 3.12 bits per heavy atom. The molecule has 1 unspecified atom stereocenters. The molecule has 0 spiro atoms. The van der Waals surface area contributed by atoms with Crippen molar-refractivity contribution >= 4 is 11.8 Å². The Morgan fingerprint density at radius 1 is 1.25 bits per heavy atom. The van der Waals surface area contributed by atoms with Crippen LogP contribution in [-0.2, 0) is 6.67 Å². The maximum absolute atomic E-state index is 13.7. The van der Waals surface area contributed by atoms with Gasteiger partial charge in [-0.25, -0.2) is 9.37 Å². The van der Waals surface area contributed by atoms with Gasteiger partial charge in [-0.1, -0.05) is 6.07 Å². The topological polar surface area (TPSA) is 27.5 Å². The lowest BCUT2D eigenvalue weighted by Gasteiger charge is -2.41. The first-order valence-electron chi connectivity index (χ1n) is 8.26. The van der Waals surface area contributed by atoms with Crippen molar-refractivity contribution < 1.29 is 4.39 Å². The van der Waals surface area contributed by atoms with Crippen LogP contribution in [-0.4, -0.2) is 32.2 Å². The summed E-state index contributed by atoms with van der Waals surface area (Å²) in [6, 6.07) is 6.82. The first-order valence-corrected chi connectivity index (χ1v) is 8.26. The summed E-state index contributed by atoms with van der Waals surface area (Å²) in [5.74, 6) is 0.763. The van der Waals surface area contributed by atoms with Crippen LogP contribution in [0.1, 0.15) is 18.7 Å². The number of hydrogen-bond acceptors (Lipinski definition) is 4. The van der Waals surface area contributed by atoms with Crippen molar-refractivity contribution in [2.75, 3.05) is 11.4 Å². The molecule has 6 heteroatoms. The highest BCUT2D eigenvalue weighted by Gasteiger charge is 2.39. The lowest BCUT2D eigenvalue weighted by molar-refractivity contribution is 0.110. The van der Waals surface area contributed by atoms with E-state index < -0.39 is 0 Å². The first-order chi connectivity index (χ1) is 11.8. The zero-order valence-corrected chi connectivity index (χ0v) is 13.2. The number of fused-ring (bicyclic) bond motifs is 2. The SMILES string of the molecule is Fc1cccc(N2C=C3CCCN3C2N2C=Cc3nccn3C2)c1. The molecule has 1 aromatic heterocycles. The largest absolute Gasteiger partial charge is 0.336 e. The fourth-order valence-electron chi connectivity index (χ4n) is 3.82. The van der Waals surface area contributed by atoms with Gasteiger partial charge in [-0.2, -0.15) is 0 Å². The van der Waals surface area contributed by atoms with Gasteiger partial charge in [-0.3, -0.25) is 0 Å². The molecule has 1 aromatic carbocycles. The van der Waals surface area contributed by atoms with E-state index in [-0.39, 0.29) is 12.1 Å². The van der Waals surface area contributed by atoms with Crippen LogP contribution >= 0.6 is 0 Å². The Labute approximate surface area is 139 Å². The van der Waals surface area contributed by atoms with E-state index in [0.29, 0.717) is 0 Å². The van der Waals surface area contributed by atoms with Crippen LogP contribution in [0.5, 0.6) is 0 Å². The third-order valence-electron chi connectivity index (χ3n) is 4.90. The Balaban J connectivity index is 1.52. The number of allylic oxidation sites excluding steroid dienone is 1. The van der Waals surface area contributed by atoms with Gasteiger partial charge < -0.3 is 19.3 Å². The zero-order chi connectivity index (χ0) is 16.1. The Kier molecular flexibility index (Phi) is 2.92. The highest BCUT2D eigenvalue weighted by Crippen LogP contribution is 2.37. The summed E-state index contributed by atoms with van der Waals surface area (Å²) in [5, 5.41) is 0. The molecule has 24 heavy (non-hydrogen) atoms. The summed E-state index contributed by atoms with van der Waals surface area (Å²) < 4.78 is 15.9. The van der Waals surface area contributed by atoms with Gasteiger partial charge in [0.2, 0.25) is 0 Å². The van der Waals surface area contributed by atoms with Gasteiger partial charge in [0, 0.05) is 42.7 Å². The third-order valence-corrected chi connectivity index (χ3v) is 4.90. The smallest absolute Gasteiger partial charge is 0.186 e. The highest BCUT2D eigenvalue weighted by molar-refractivity contribution is 5.54. The van der Waals surface area contributed by atoms with E-state index in [0.717, 1.165) is 31.1 Å². The van der Waals surface area contributed by atoms with E-state index in [1.165, 1.54) is 18.2 Å². The summed E-state index contributed by atoms with van der Waals surface area (Å²) in [7, 11) is 0. The highest BCUT2D eigenvalue weighted by atomic mass is 19.1. The van der Waals surface area contributed by atoms with E-state index >= 15 is 0 Å². The standard InChI is InChI=1S/C18H18FN5/c19-14-3-1-4-15(11-14)24-12-16-5-2-8-23(16)18(24)22-9-6-17-20-7-10-21(17)13-22/h1,3-4,6-7,9-12,18H,2,5,8,13H2. The molecule has 1 saturated heterocycles. The van der Waals surface area contributed by atoms with Crippen LogP contribution in [0.15, 0.2) is 54.8 Å². The molecule has 0 amide bonds. The maximum atomic E-state index is 13.7. The van der Waals surface area contributed by atoms with E-state index in [1.807, 2.05) is 24.5 Å². The minimum atomic E-state index is -0.206. The first kappa shape index (κ1) is 13.7. The fourth-order valence-corrected chi connectivity index (χ4v) is 3.82. The van der Waals surface area contributed by atoms with Gasteiger partial charge in [-0.05, 0) is 37.1 Å². The molecule has 4 heterocycles. The number of benzene rings is 1. The molecule has 0 bridgehead atoms. The second kappa shape index (κ2) is 5.12. The van der Waals surface area contributed by atoms with Crippen molar-refractivity contribution in [3.63, 3.8) is 0 Å². The van der Waals surface area contributed by atoms with Gasteiger partial charge in [0.25, 0.3) is 0 Å². The van der Waals surface area contributed by atoms with Crippen molar-refractivity contribution in [3.05, 3.63) is 66.4 Å². The second-order valence-electron chi connectivity index (χ2n) is 6.38. The number of imidazole rings is 1. The van der Waals surface area contributed by atoms with Gasteiger partial charge in [-0.15, -0.1) is 0 Å². The maximum Gasteiger partial charge on any atom is 0.186 e. The molecule has 122 valence electrons. The molecule has 0 radical (unpaired) electrons. The van der Waals surface area contributed by atoms with Crippen LogP contribution in [0.3, 0.4) is 0 Å². The molecule has 3 aliphatic heterocycles. The Bertz CT molecular complexity index is 839. The predicted octanol–water partition coefficient (Wildman–Crippen LogP) is 3.01. The number of anilines is 1. The van der Waals surface area contributed by atoms with Crippen molar-refractivity contribution in [1.82, 2.24) is 19.4 Å². The summed E-state index contributed by atoms with van der Waals surface area (Å²) in [4.78, 5) is 11.2. The van der Waals surface area contributed by atoms with Gasteiger partial charge in [0.15, 0.2) is 6.29 Å². The Hall–Kier alpha value is -2.76. The summed E-state index contributed by atoms with van der Waals surface area (Å²) in [6.07, 6.45) is 12.4. The average molecular weight is 323 g/mol. The average Bonchev–Trinajstić information content (AvgIpc) is 3.29. The van der Waals surface area contributed by atoms with Crippen molar-refractivity contribution in [2.45, 2.75) is 25.8 Å². The van der Waals surface area contributed by atoms with Crippen LogP contribution in [0.25, 0.3) is 6.08 Å². The Morgan fingerprint density at radius 2 is 2.21 bits per heavy atom. The zero-order valence-electron chi connectivity index (χ0n) is 13.2. The number of nitrogens with zero attached hydrogens (tertiary/aromatic N) is 5. The van der Waals surface area contributed by atoms with Crippen molar-refractivity contribution in [2.24, 2.45) is 0 Å². The molecule has 5 nitrogen and oxygen atoms in total. The number of hydrogen-bond donors (Lipinski definition) is 0. The molecule has 1 fully saturated rings. The summed E-state index contributed by atoms with van der Waals surface area (Å²) >= 11 is 0. The molecule has 0 aliphatic carbocycles. The quantitative estimate of drug-likeness (QED) is 0.849. The molecule has 3 aliphatic rings. The molecule has 0 N–H and O–H groups in total. The van der Waals surface area contributed by atoms with E-state index in [4.69, 9.17) is 0 Å². The van der Waals surface area contributed by atoms with Crippen LogP contribution in [0, 0.1) is 5.82 Å². The minimum absolute atomic E-state index is 0.0381. The second-order valence-corrected chi connectivity index (χ2v) is 6.38. The van der Waals surface area contributed by atoms with E-state index in [2.05, 4.69) is 36.7 Å². The van der Waals surface area contributed by atoms with E-state index in [1.54, 1.807) is 12.1 Å². The molecule has 2 aromatic rings. The number of halogens is 1.